The van der Waals surface area contributed by atoms with Crippen molar-refractivity contribution in [2.24, 2.45) is 12.0 Å². The van der Waals surface area contributed by atoms with Crippen LogP contribution in [0.2, 0.25) is 0 Å². The van der Waals surface area contributed by atoms with Crippen LogP contribution in [-0.4, -0.2) is 34.9 Å². The number of methoxy groups -OCH3 is 2. The predicted molar refractivity (Wildman–Crippen MR) is 137 cm³/mol. The topological polar surface area (TPSA) is 85.6 Å². The van der Waals surface area contributed by atoms with Crippen molar-refractivity contribution in [2.45, 2.75) is 33.0 Å². The van der Waals surface area contributed by atoms with Crippen molar-refractivity contribution < 1.29 is 13.9 Å². The van der Waals surface area contributed by atoms with Gasteiger partial charge in [-0.2, -0.15) is 0 Å². The van der Waals surface area contributed by atoms with Crippen molar-refractivity contribution in [2.75, 3.05) is 14.2 Å². The van der Waals surface area contributed by atoms with Crippen molar-refractivity contribution >= 4 is 29.9 Å². The summed E-state index contributed by atoms with van der Waals surface area (Å²) >= 11 is 0. The minimum absolute atomic E-state index is 0. The van der Waals surface area contributed by atoms with Crippen LogP contribution < -0.4 is 20.1 Å². The molecule has 0 aliphatic heterocycles. The molecule has 1 atom stereocenters. The molecule has 0 amide bonds. The van der Waals surface area contributed by atoms with Gasteiger partial charge in [0.25, 0.3) is 0 Å². The van der Waals surface area contributed by atoms with E-state index in [0.29, 0.717) is 19.0 Å². The summed E-state index contributed by atoms with van der Waals surface area (Å²) in [7, 11) is 5.00. The first-order chi connectivity index (χ1) is 15.4. The van der Waals surface area contributed by atoms with E-state index in [1.54, 1.807) is 13.2 Å². The van der Waals surface area contributed by atoms with Crippen molar-refractivity contribution in [1.82, 2.24) is 25.4 Å². The number of ether oxygens (including phenoxy) is 2. The average molecular weight is 568 g/mol. The van der Waals surface area contributed by atoms with Crippen molar-refractivity contribution in [3.8, 4) is 11.5 Å². The number of guanidine groups is 1. The summed E-state index contributed by atoms with van der Waals surface area (Å²) < 4.78 is 26.3. The maximum absolute atomic E-state index is 14.2. The van der Waals surface area contributed by atoms with E-state index in [9.17, 15) is 4.39 Å². The van der Waals surface area contributed by atoms with Gasteiger partial charge in [-0.15, -0.1) is 34.2 Å². The summed E-state index contributed by atoms with van der Waals surface area (Å²) in [6, 6.07) is 12.4. The first-order valence-corrected chi connectivity index (χ1v) is 10.3. The molecule has 178 valence electrons. The monoisotopic (exact) mass is 568 g/mol. The highest BCUT2D eigenvalue weighted by Crippen LogP contribution is 2.21. The zero-order valence-corrected chi connectivity index (χ0v) is 21.8. The van der Waals surface area contributed by atoms with Crippen molar-refractivity contribution in [3.05, 3.63) is 71.1 Å². The summed E-state index contributed by atoms with van der Waals surface area (Å²) in [6.45, 7) is 4.74. The molecule has 3 rings (SSSR count). The smallest absolute Gasteiger partial charge is 0.192 e. The molecule has 1 unspecified atom stereocenters. The third kappa shape index (κ3) is 7.04. The van der Waals surface area contributed by atoms with Crippen LogP contribution in [0.4, 0.5) is 4.39 Å². The van der Waals surface area contributed by atoms with E-state index < -0.39 is 5.82 Å². The Hall–Kier alpha value is -2.89. The Morgan fingerprint density at radius 2 is 1.85 bits per heavy atom. The molecular weight excluding hydrogens is 538 g/mol. The molecule has 3 aromatic rings. The quantitative estimate of drug-likeness (QED) is 0.244. The number of rotatable bonds is 8. The predicted octanol–water partition coefficient (Wildman–Crippen LogP) is 3.89. The number of benzene rings is 2. The minimum atomic E-state index is -0.405. The lowest BCUT2D eigenvalue weighted by molar-refractivity contribution is 0.386. The third-order valence-electron chi connectivity index (χ3n) is 5.20. The zero-order valence-electron chi connectivity index (χ0n) is 19.4. The molecule has 0 spiro atoms. The first-order valence-electron chi connectivity index (χ1n) is 10.3. The minimum Gasteiger partial charge on any atom is -0.497 e. The van der Waals surface area contributed by atoms with Crippen LogP contribution in [0.1, 0.15) is 35.7 Å². The van der Waals surface area contributed by atoms with Gasteiger partial charge in [0.1, 0.15) is 11.6 Å². The van der Waals surface area contributed by atoms with Crippen LogP contribution >= 0.6 is 24.0 Å². The van der Waals surface area contributed by atoms with E-state index >= 15 is 0 Å². The standard InChI is InChI=1S/C23H29FN6O2.HI/c1-15(18-8-11-21(32-5)20(24)12-18)27-23(26-14-22-29-28-16(2)30(22)3)25-13-17-6-9-19(31-4)10-7-17;/h6-12,15H,13-14H2,1-5H3,(H2,25,26,27);1H. The average Bonchev–Trinajstić information content (AvgIpc) is 3.13. The number of hydrogen-bond acceptors (Lipinski definition) is 5. The number of halogens is 2. The van der Waals surface area contributed by atoms with Gasteiger partial charge >= 0.3 is 0 Å². The maximum atomic E-state index is 14.2. The van der Waals surface area contributed by atoms with E-state index in [1.807, 2.05) is 55.8 Å². The summed E-state index contributed by atoms with van der Waals surface area (Å²) in [6.07, 6.45) is 0. The Morgan fingerprint density at radius 3 is 2.42 bits per heavy atom. The molecule has 0 fully saturated rings. The van der Waals surface area contributed by atoms with Gasteiger partial charge in [-0.1, -0.05) is 18.2 Å². The number of nitrogens with one attached hydrogen (secondary N) is 2. The van der Waals surface area contributed by atoms with Gasteiger partial charge in [0.15, 0.2) is 23.4 Å². The molecule has 0 aliphatic carbocycles. The van der Waals surface area contributed by atoms with E-state index in [0.717, 1.165) is 28.5 Å². The van der Waals surface area contributed by atoms with Gasteiger partial charge in [-0.05, 0) is 49.2 Å². The van der Waals surface area contributed by atoms with E-state index in [1.165, 1.54) is 13.2 Å². The summed E-state index contributed by atoms with van der Waals surface area (Å²) in [5.41, 5.74) is 1.81. The van der Waals surface area contributed by atoms with Crippen LogP contribution in [0.3, 0.4) is 0 Å². The zero-order chi connectivity index (χ0) is 23.1. The second-order valence-corrected chi connectivity index (χ2v) is 7.35. The SMILES string of the molecule is COc1ccc(CN=C(NCc2nnc(C)n2C)NC(C)c2ccc(OC)c(F)c2)cc1.I. The Bertz CT molecular complexity index is 1070. The van der Waals surface area contributed by atoms with Gasteiger partial charge in [0.2, 0.25) is 0 Å². The highest BCUT2D eigenvalue weighted by molar-refractivity contribution is 14.0. The molecule has 0 saturated heterocycles. The Kier molecular flexibility index (Phi) is 9.89. The number of aryl methyl sites for hydroxylation is 1. The normalized spacial score (nSPS) is 12.0. The molecule has 2 aromatic carbocycles. The van der Waals surface area contributed by atoms with Crippen LogP contribution in [0.25, 0.3) is 0 Å². The van der Waals surface area contributed by atoms with Gasteiger partial charge in [0, 0.05) is 7.05 Å². The Morgan fingerprint density at radius 1 is 1.12 bits per heavy atom. The second-order valence-electron chi connectivity index (χ2n) is 7.35. The molecular formula is C23H30FIN6O2. The van der Waals surface area contributed by atoms with E-state index in [-0.39, 0.29) is 35.8 Å². The third-order valence-corrected chi connectivity index (χ3v) is 5.20. The lowest BCUT2D eigenvalue weighted by atomic mass is 10.1. The fourth-order valence-corrected chi connectivity index (χ4v) is 3.06. The van der Waals surface area contributed by atoms with Crippen LogP contribution in [0.5, 0.6) is 11.5 Å². The highest BCUT2D eigenvalue weighted by atomic mass is 127. The molecule has 0 bridgehead atoms. The maximum Gasteiger partial charge on any atom is 0.192 e. The molecule has 0 saturated carbocycles. The summed E-state index contributed by atoms with van der Waals surface area (Å²) in [4.78, 5) is 4.70. The second kappa shape index (κ2) is 12.4. The number of aromatic nitrogens is 3. The molecule has 1 aromatic heterocycles. The van der Waals surface area contributed by atoms with Crippen molar-refractivity contribution in [3.63, 3.8) is 0 Å². The molecule has 0 aliphatic rings. The highest BCUT2D eigenvalue weighted by Gasteiger charge is 2.13. The molecule has 0 radical (unpaired) electrons. The molecule has 10 heteroatoms. The fraction of sp³-hybridized carbons (Fsp3) is 0.348. The van der Waals surface area contributed by atoms with E-state index in [2.05, 4.69) is 20.8 Å². The van der Waals surface area contributed by atoms with Crippen LogP contribution in [-0.2, 0) is 20.1 Å². The summed E-state index contributed by atoms with van der Waals surface area (Å²) in [5, 5.41) is 14.9. The Labute approximate surface area is 210 Å². The Balaban J connectivity index is 0.00000385. The van der Waals surface area contributed by atoms with Gasteiger partial charge < -0.3 is 24.7 Å². The van der Waals surface area contributed by atoms with Crippen molar-refractivity contribution in [1.29, 1.82) is 0 Å². The van der Waals surface area contributed by atoms with Gasteiger partial charge in [-0.3, -0.25) is 0 Å². The number of aliphatic imine (C=N–C) groups is 1. The number of nitrogens with zero attached hydrogens (tertiary/aromatic N) is 4. The molecule has 8 nitrogen and oxygen atoms in total. The van der Waals surface area contributed by atoms with Gasteiger partial charge in [-0.25, -0.2) is 9.38 Å². The largest absolute Gasteiger partial charge is 0.497 e. The lowest BCUT2D eigenvalue weighted by Crippen LogP contribution is -2.39. The van der Waals surface area contributed by atoms with Gasteiger partial charge in [0.05, 0.1) is 33.4 Å². The lowest BCUT2D eigenvalue weighted by Gasteiger charge is -2.19. The van der Waals surface area contributed by atoms with Crippen LogP contribution in [0.15, 0.2) is 47.5 Å². The van der Waals surface area contributed by atoms with E-state index in [4.69, 9.17) is 14.5 Å². The van der Waals surface area contributed by atoms with Crippen LogP contribution in [0, 0.1) is 12.7 Å². The summed E-state index contributed by atoms with van der Waals surface area (Å²) in [5.74, 6) is 2.79. The molecule has 1 heterocycles. The molecule has 33 heavy (non-hydrogen) atoms. The fourth-order valence-electron chi connectivity index (χ4n) is 3.06. The molecule has 2 N–H and O–H groups in total. The number of hydrogen-bond donors (Lipinski definition) is 2. The first kappa shape index (κ1) is 26.4.